The van der Waals surface area contributed by atoms with Crippen LogP contribution >= 0.6 is 15.9 Å². The molecular weight excluding hydrogens is 332 g/mol. The third-order valence-corrected chi connectivity index (χ3v) is 4.94. The average molecular weight is 355 g/mol. The number of carbonyl (C=O) groups is 1. The van der Waals surface area contributed by atoms with Crippen molar-refractivity contribution >= 4 is 27.5 Å². The third kappa shape index (κ3) is 4.20. The monoisotopic (exact) mass is 354 g/mol. The van der Waals surface area contributed by atoms with Crippen molar-refractivity contribution in [1.82, 2.24) is 5.32 Å². The molecule has 0 saturated heterocycles. The van der Waals surface area contributed by atoms with Crippen LogP contribution in [0, 0.1) is 5.92 Å². The van der Waals surface area contributed by atoms with Crippen LogP contribution in [0.15, 0.2) is 22.7 Å². The van der Waals surface area contributed by atoms with Gasteiger partial charge in [0.2, 0.25) is 0 Å². The van der Waals surface area contributed by atoms with Gasteiger partial charge in [0.15, 0.2) is 0 Å². The number of benzene rings is 1. The summed E-state index contributed by atoms with van der Waals surface area (Å²) in [5.41, 5.74) is 5.96. The summed E-state index contributed by atoms with van der Waals surface area (Å²) in [5, 5.41) is 13.4. The molecule has 5 heteroatoms. The van der Waals surface area contributed by atoms with Crippen molar-refractivity contribution in [2.24, 2.45) is 5.92 Å². The van der Waals surface area contributed by atoms with Gasteiger partial charge in [-0.1, -0.05) is 29.3 Å². The molecule has 1 fully saturated rings. The van der Waals surface area contributed by atoms with Crippen LogP contribution in [0.3, 0.4) is 0 Å². The van der Waals surface area contributed by atoms with Gasteiger partial charge >= 0.3 is 0 Å². The van der Waals surface area contributed by atoms with Crippen LogP contribution < -0.4 is 11.1 Å². The molecule has 1 saturated carbocycles. The predicted octanol–water partition coefficient (Wildman–Crippen LogP) is 3.09. The molecule has 21 heavy (non-hydrogen) atoms. The highest BCUT2D eigenvalue weighted by Crippen LogP contribution is 2.33. The number of amides is 1. The van der Waals surface area contributed by atoms with Crippen molar-refractivity contribution in [3.63, 3.8) is 0 Å². The lowest BCUT2D eigenvalue weighted by Crippen LogP contribution is -2.45. The van der Waals surface area contributed by atoms with E-state index in [0.29, 0.717) is 17.2 Å². The zero-order chi connectivity index (χ0) is 15.5. The molecular formula is C16H23BrN2O2. The first-order valence-electron chi connectivity index (χ1n) is 7.49. The highest BCUT2D eigenvalue weighted by molar-refractivity contribution is 9.10. The van der Waals surface area contributed by atoms with Gasteiger partial charge < -0.3 is 16.2 Å². The number of aliphatic hydroxyl groups is 1. The Balaban J connectivity index is 1.92. The molecule has 0 bridgehead atoms. The molecule has 0 unspecified atom stereocenters. The predicted molar refractivity (Wildman–Crippen MR) is 88.1 cm³/mol. The van der Waals surface area contributed by atoms with Crippen molar-refractivity contribution in [3.05, 3.63) is 28.2 Å². The first-order valence-corrected chi connectivity index (χ1v) is 8.28. The molecule has 0 aromatic heterocycles. The minimum Gasteiger partial charge on any atom is -0.398 e. The SMILES string of the molecule is CCC1CCC(O)(CNC(=O)c2ccc(Br)cc2N)CC1. The number of halogens is 1. The molecule has 4 N–H and O–H groups in total. The Kier molecular flexibility index (Phi) is 5.27. The van der Waals surface area contributed by atoms with E-state index in [1.165, 1.54) is 0 Å². The van der Waals surface area contributed by atoms with E-state index in [0.717, 1.165) is 36.6 Å². The molecule has 1 amide bonds. The zero-order valence-electron chi connectivity index (χ0n) is 12.4. The Morgan fingerprint density at radius 3 is 2.71 bits per heavy atom. The third-order valence-electron chi connectivity index (χ3n) is 4.45. The van der Waals surface area contributed by atoms with Crippen molar-refractivity contribution in [3.8, 4) is 0 Å². The molecule has 1 aromatic rings. The van der Waals surface area contributed by atoms with E-state index in [1.54, 1.807) is 18.2 Å². The first kappa shape index (κ1) is 16.3. The summed E-state index contributed by atoms with van der Waals surface area (Å²) in [6.07, 6.45) is 4.73. The Morgan fingerprint density at radius 2 is 2.14 bits per heavy atom. The van der Waals surface area contributed by atoms with Gasteiger partial charge in [0.25, 0.3) is 5.91 Å². The van der Waals surface area contributed by atoms with E-state index < -0.39 is 5.60 Å². The van der Waals surface area contributed by atoms with Crippen molar-refractivity contribution < 1.29 is 9.90 Å². The minimum absolute atomic E-state index is 0.231. The fraction of sp³-hybridized carbons (Fsp3) is 0.562. The Morgan fingerprint density at radius 1 is 1.48 bits per heavy atom. The van der Waals surface area contributed by atoms with E-state index >= 15 is 0 Å². The van der Waals surface area contributed by atoms with Crippen LogP contribution in [-0.4, -0.2) is 23.2 Å². The minimum atomic E-state index is -0.772. The van der Waals surface area contributed by atoms with E-state index in [1.807, 2.05) is 0 Å². The lowest BCUT2D eigenvalue weighted by Gasteiger charge is -2.35. The number of carbonyl (C=O) groups excluding carboxylic acids is 1. The topological polar surface area (TPSA) is 75.3 Å². The molecule has 1 aliphatic carbocycles. The van der Waals surface area contributed by atoms with Crippen LogP contribution in [-0.2, 0) is 0 Å². The summed E-state index contributed by atoms with van der Waals surface area (Å²) < 4.78 is 0.841. The summed E-state index contributed by atoms with van der Waals surface area (Å²) in [6, 6.07) is 5.18. The molecule has 116 valence electrons. The molecule has 0 radical (unpaired) electrons. The second-order valence-corrected chi connectivity index (χ2v) is 6.91. The van der Waals surface area contributed by atoms with Gasteiger partial charge in [0.05, 0.1) is 11.2 Å². The molecule has 0 heterocycles. The standard InChI is InChI=1S/C16H23BrN2O2/c1-2-11-5-7-16(21,8-6-11)10-19-15(20)13-4-3-12(17)9-14(13)18/h3-4,9,11,21H,2,5-8,10,18H2,1H3,(H,19,20). The highest BCUT2D eigenvalue weighted by Gasteiger charge is 2.33. The number of nitrogen functional groups attached to an aromatic ring is 1. The maximum absolute atomic E-state index is 12.2. The van der Waals surface area contributed by atoms with Gasteiger partial charge in [0.1, 0.15) is 0 Å². The normalized spacial score (nSPS) is 25.6. The number of hydrogen-bond donors (Lipinski definition) is 3. The molecule has 0 atom stereocenters. The summed E-state index contributed by atoms with van der Waals surface area (Å²) >= 11 is 3.32. The molecule has 2 rings (SSSR count). The van der Waals surface area contributed by atoms with E-state index in [2.05, 4.69) is 28.2 Å². The maximum Gasteiger partial charge on any atom is 0.253 e. The largest absolute Gasteiger partial charge is 0.398 e. The Labute approximate surface area is 134 Å². The second kappa shape index (κ2) is 6.79. The Bertz CT molecular complexity index is 511. The quantitative estimate of drug-likeness (QED) is 0.727. The lowest BCUT2D eigenvalue weighted by molar-refractivity contribution is -0.00786. The van der Waals surface area contributed by atoms with E-state index in [4.69, 9.17) is 5.73 Å². The number of nitrogens with two attached hydrogens (primary N) is 1. The van der Waals surface area contributed by atoms with Crippen molar-refractivity contribution in [1.29, 1.82) is 0 Å². The van der Waals surface area contributed by atoms with Crippen LogP contribution in [0.5, 0.6) is 0 Å². The lowest BCUT2D eigenvalue weighted by atomic mass is 9.78. The highest BCUT2D eigenvalue weighted by atomic mass is 79.9. The molecule has 4 nitrogen and oxygen atoms in total. The zero-order valence-corrected chi connectivity index (χ0v) is 13.9. The van der Waals surface area contributed by atoms with Crippen LogP contribution in [0.25, 0.3) is 0 Å². The average Bonchev–Trinajstić information content (AvgIpc) is 2.46. The van der Waals surface area contributed by atoms with Gasteiger partial charge in [-0.3, -0.25) is 4.79 Å². The van der Waals surface area contributed by atoms with Gasteiger partial charge in [-0.2, -0.15) is 0 Å². The smallest absolute Gasteiger partial charge is 0.253 e. The second-order valence-electron chi connectivity index (χ2n) is 5.99. The van der Waals surface area contributed by atoms with Gasteiger partial charge in [-0.25, -0.2) is 0 Å². The van der Waals surface area contributed by atoms with Crippen LogP contribution in [0.1, 0.15) is 49.4 Å². The number of anilines is 1. The van der Waals surface area contributed by atoms with Crippen molar-refractivity contribution in [2.45, 2.75) is 44.6 Å². The first-order chi connectivity index (χ1) is 9.93. The molecule has 1 aromatic carbocycles. The van der Waals surface area contributed by atoms with Gasteiger partial charge in [-0.05, 0) is 49.8 Å². The number of rotatable bonds is 4. The molecule has 1 aliphatic rings. The molecule has 0 aliphatic heterocycles. The number of hydrogen-bond acceptors (Lipinski definition) is 3. The van der Waals surface area contributed by atoms with Gasteiger partial charge in [0, 0.05) is 16.7 Å². The maximum atomic E-state index is 12.2. The summed E-state index contributed by atoms with van der Waals surface area (Å²) in [5.74, 6) is 0.481. The Hall–Kier alpha value is -1.07. The van der Waals surface area contributed by atoms with Crippen molar-refractivity contribution in [2.75, 3.05) is 12.3 Å². The summed E-state index contributed by atoms with van der Waals surface area (Å²) in [4.78, 5) is 12.2. The van der Waals surface area contributed by atoms with E-state index in [-0.39, 0.29) is 12.5 Å². The summed E-state index contributed by atoms with van der Waals surface area (Å²) in [6.45, 7) is 2.48. The fourth-order valence-corrected chi connectivity index (χ4v) is 3.26. The van der Waals surface area contributed by atoms with Crippen LogP contribution in [0.2, 0.25) is 0 Å². The summed E-state index contributed by atoms with van der Waals surface area (Å²) in [7, 11) is 0. The fourth-order valence-electron chi connectivity index (χ4n) is 2.88. The number of nitrogens with one attached hydrogen (secondary N) is 1. The molecule has 0 spiro atoms. The van der Waals surface area contributed by atoms with Crippen LogP contribution in [0.4, 0.5) is 5.69 Å². The van der Waals surface area contributed by atoms with Gasteiger partial charge in [-0.15, -0.1) is 0 Å². The van der Waals surface area contributed by atoms with E-state index in [9.17, 15) is 9.90 Å².